The van der Waals surface area contributed by atoms with Gasteiger partial charge < -0.3 is 5.32 Å². The third-order valence-electron chi connectivity index (χ3n) is 4.17. The van der Waals surface area contributed by atoms with E-state index >= 15 is 0 Å². The second kappa shape index (κ2) is 7.21. The number of carbonyl (C=O) groups is 1. The van der Waals surface area contributed by atoms with Crippen LogP contribution in [0.15, 0.2) is 54.6 Å². The van der Waals surface area contributed by atoms with Gasteiger partial charge in [0.1, 0.15) is 0 Å². The van der Waals surface area contributed by atoms with Crippen LogP contribution in [0.25, 0.3) is 11.3 Å². The summed E-state index contributed by atoms with van der Waals surface area (Å²) >= 11 is 0. The Morgan fingerprint density at radius 1 is 1.08 bits per heavy atom. The Morgan fingerprint density at radius 3 is 2.56 bits per heavy atom. The normalized spacial score (nSPS) is 10.5. The molecule has 0 aliphatic heterocycles. The fourth-order valence-electron chi connectivity index (χ4n) is 2.87. The molecule has 128 valence electrons. The quantitative estimate of drug-likeness (QED) is 0.732. The van der Waals surface area contributed by atoms with Gasteiger partial charge in [-0.25, -0.2) is 4.79 Å². The van der Waals surface area contributed by atoms with Crippen molar-refractivity contribution >= 4 is 17.5 Å². The molecule has 25 heavy (non-hydrogen) atoms. The van der Waals surface area contributed by atoms with Crippen molar-refractivity contribution in [1.82, 2.24) is 9.78 Å². The minimum atomic E-state index is -0.290. The molecule has 0 spiro atoms. The van der Waals surface area contributed by atoms with E-state index in [9.17, 15) is 4.79 Å². The number of benzene rings is 2. The Bertz CT molecular complexity index is 884. The first-order chi connectivity index (χ1) is 12.1. The number of nitrogens with zero attached hydrogens (tertiary/aromatic N) is 2. The van der Waals surface area contributed by atoms with E-state index in [2.05, 4.69) is 22.7 Å². The zero-order valence-corrected chi connectivity index (χ0v) is 14.7. The van der Waals surface area contributed by atoms with Crippen LogP contribution in [0.5, 0.6) is 0 Å². The van der Waals surface area contributed by atoms with Gasteiger partial charge in [-0.1, -0.05) is 55.5 Å². The van der Waals surface area contributed by atoms with Gasteiger partial charge >= 0.3 is 6.03 Å². The van der Waals surface area contributed by atoms with E-state index in [1.807, 2.05) is 68.6 Å². The fourth-order valence-corrected chi connectivity index (χ4v) is 2.87. The maximum Gasteiger partial charge on any atom is 0.324 e. The number of urea groups is 1. The SMILES string of the molecule is CCc1cccc(C)c1NC(=O)Nc1cc(-c2ccccc2)n(C)n1. The van der Waals surface area contributed by atoms with Crippen LogP contribution in [0.1, 0.15) is 18.1 Å². The molecule has 1 aromatic heterocycles. The van der Waals surface area contributed by atoms with Crippen molar-refractivity contribution in [2.45, 2.75) is 20.3 Å². The first kappa shape index (κ1) is 16.8. The molecule has 0 aliphatic carbocycles. The van der Waals surface area contributed by atoms with Crippen LogP contribution in [-0.2, 0) is 13.5 Å². The highest BCUT2D eigenvalue weighted by molar-refractivity contribution is 6.00. The smallest absolute Gasteiger partial charge is 0.307 e. The number of para-hydroxylation sites is 1. The molecule has 1 heterocycles. The first-order valence-corrected chi connectivity index (χ1v) is 8.34. The number of hydrogen-bond acceptors (Lipinski definition) is 2. The predicted octanol–water partition coefficient (Wildman–Crippen LogP) is 4.60. The van der Waals surface area contributed by atoms with Crippen LogP contribution in [0, 0.1) is 6.92 Å². The molecule has 0 aliphatic rings. The van der Waals surface area contributed by atoms with Gasteiger partial charge in [0.2, 0.25) is 0 Å². The van der Waals surface area contributed by atoms with E-state index in [0.29, 0.717) is 5.82 Å². The van der Waals surface area contributed by atoms with Crippen LogP contribution < -0.4 is 10.6 Å². The molecule has 2 amide bonds. The van der Waals surface area contributed by atoms with Crippen molar-refractivity contribution in [3.8, 4) is 11.3 Å². The predicted molar refractivity (Wildman–Crippen MR) is 102 cm³/mol. The molecule has 0 fully saturated rings. The summed E-state index contributed by atoms with van der Waals surface area (Å²) in [6.07, 6.45) is 0.860. The lowest BCUT2D eigenvalue weighted by Gasteiger charge is -2.12. The fraction of sp³-hybridized carbons (Fsp3) is 0.200. The maximum atomic E-state index is 12.4. The van der Waals surface area contributed by atoms with E-state index in [0.717, 1.165) is 34.5 Å². The summed E-state index contributed by atoms with van der Waals surface area (Å²) in [5, 5.41) is 10.1. The van der Waals surface area contributed by atoms with E-state index < -0.39 is 0 Å². The Kier molecular flexibility index (Phi) is 4.84. The Labute approximate surface area is 147 Å². The summed E-state index contributed by atoms with van der Waals surface area (Å²) in [5.41, 5.74) is 5.02. The van der Waals surface area contributed by atoms with Gasteiger partial charge in [-0.2, -0.15) is 5.10 Å². The minimum absolute atomic E-state index is 0.290. The van der Waals surface area contributed by atoms with Gasteiger partial charge in [0.25, 0.3) is 0 Å². The summed E-state index contributed by atoms with van der Waals surface area (Å²) < 4.78 is 1.76. The highest BCUT2D eigenvalue weighted by Crippen LogP contribution is 2.23. The van der Waals surface area contributed by atoms with E-state index in [1.54, 1.807) is 4.68 Å². The summed E-state index contributed by atoms with van der Waals surface area (Å²) in [4.78, 5) is 12.4. The Balaban J connectivity index is 1.77. The molecule has 2 aromatic carbocycles. The molecule has 0 saturated heterocycles. The number of aromatic nitrogens is 2. The largest absolute Gasteiger partial charge is 0.324 e. The molecule has 0 atom stereocenters. The van der Waals surface area contributed by atoms with Crippen molar-refractivity contribution in [2.24, 2.45) is 7.05 Å². The van der Waals surface area contributed by atoms with E-state index in [1.165, 1.54) is 0 Å². The average molecular weight is 334 g/mol. The number of rotatable bonds is 4. The highest BCUT2D eigenvalue weighted by atomic mass is 16.2. The van der Waals surface area contributed by atoms with Crippen LogP contribution in [0.2, 0.25) is 0 Å². The summed E-state index contributed by atoms with van der Waals surface area (Å²) in [6.45, 7) is 4.06. The van der Waals surface area contributed by atoms with Gasteiger partial charge in [-0.05, 0) is 30.0 Å². The van der Waals surface area contributed by atoms with Gasteiger partial charge in [-0.3, -0.25) is 10.00 Å². The molecule has 0 bridgehead atoms. The zero-order valence-electron chi connectivity index (χ0n) is 14.7. The third-order valence-corrected chi connectivity index (χ3v) is 4.17. The lowest BCUT2D eigenvalue weighted by Crippen LogP contribution is -2.21. The number of hydrogen-bond donors (Lipinski definition) is 2. The lowest BCUT2D eigenvalue weighted by atomic mass is 10.1. The van der Waals surface area contributed by atoms with E-state index in [4.69, 9.17) is 0 Å². The molecule has 5 heteroatoms. The maximum absolute atomic E-state index is 12.4. The second-order valence-corrected chi connectivity index (χ2v) is 5.95. The number of aryl methyl sites for hydroxylation is 3. The molecule has 2 N–H and O–H groups in total. The number of amides is 2. The second-order valence-electron chi connectivity index (χ2n) is 5.95. The van der Waals surface area contributed by atoms with Crippen LogP contribution in [0.3, 0.4) is 0 Å². The summed E-state index contributed by atoms with van der Waals surface area (Å²) in [7, 11) is 1.86. The molecule has 3 aromatic rings. The van der Waals surface area contributed by atoms with Crippen molar-refractivity contribution in [1.29, 1.82) is 0 Å². The lowest BCUT2D eigenvalue weighted by molar-refractivity contribution is 0.262. The standard InChI is InChI=1S/C20H22N4O/c1-4-15-12-8-9-14(2)19(15)22-20(25)21-18-13-17(24(3)23-18)16-10-6-5-7-11-16/h5-13H,4H2,1-3H3,(H2,21,22,23,25). The zero-order chi connectivity index (χ0) is 17.8. The summed E-state index contributed by atoms with van der Waals surface area (Å²) in [6, 6.07) is 17.6. The van der Waals surface area contributed by atoms with Crippen molar-refractivity contribution in [2.75, 3.05) is 10.6 Å². The molecule has 5 nitrogen and oxygen atoms in total. The number of nitrogens with one attached hydrogen (secondary N) is 2. The third kappa shape index (κ3) is 3.71. The number of carbonyl (C=O) groups excluding carboxylic acids is 1. The highest BCUT2D eigenvalue weighted by Gasteiger charge is 2.12. The number of anilines is 2. The van der Waals surface area contributed by atoms with Crippen molar-refractivity contribution in [3.05, 3.63) is 65.7 Å². The van der Waals surface area contributed by atoms with Crippen molar-refractivity contribution in [3.63, 3.8) is 0 Å². The molecule has 3 rings (SSSR count). The van der Waals surface area contributed by atoms with Crippen LogP contribution in [0.4, 0.5) is 16.3 Å². The Hall–Kier alpha value is -3.08. The average Bonchev–Trinajstić information content (AvgIpc) is 2.97. The molecule has 0 unspecified atom stereocenters. The van der Waals surface area contributed by atoms with E-state index in [-0.39, 0.29) is 6.03 Å². The summed E-state index contributed by atoms with van der Waals surface area (Å²) in [5.74, 6) is 0.519. The van der Waals surface area contributed by atoms with Crippen LogP contribution >= 0.6 is 0 Å². The molecule has 0 radical (unpaired) electrons. The van der Waals surface area contributed by atoms with Gasteiger partial charge in [0.15, 0.2) is 5.82 Å². The monoisotopic (exact) mass is 334 g/mol. The first-order valence-electron chi connectivity index (χ1n) is 8.34. The van der Waals surface area contributed by atoms with Crippen molar-refractivity contribution < 1.29 is 4.79 Å². The Morgan fingerprint density at radius 2 is 1.84 bits per heavy atom. The molecular weight excluding hydrogens is 312 g/mol. The van der Waals surface area contributed by atoms with Crippen LogP contribution in [-0.4, -0.2) is 15.8 Å². The topological polar surface area (TPSA) is 59.0 Å². The van der Waals surface area contributed by atoms with Gasteiger partial charge in [0.05, 0.1) is 5.69 Å². The molecule has 0 saturated carbocycles. The van der Waals surface area contributed by atoms with Gasteiger partial charge in [-0.15, -0.1) is 0 Å². The minimum Gasteiger partial charge on any atom is -0.307 e. The molecular formula is C20H22N4O. The van der Waals surface area contributed by atoms with Gasteiger partial charge in [0, 0.05) is 18.8 Å².